The molecule has 0 radical (unpaired) electrons. The summed E-state index contributed by atoms with van der Waals surface area (Å²) in [6.07, 6.45) is 1.37. The first-order valence-corrected chi connectivity index (χ1v) is 7.19. The number of ether oxygens (including phenoxy) is 2. The van der Waals surface area contributed by atoms with Crippen molar-refractivity contribution in [1.82, 2.24) is 4.98 Å². The van der Waals surface area contributed by atoms with Gasteiger partial charge >= 0.3 is 5.97 Å². The number of aromatic carboxylic acids is 1. The van der Waals surface area contributed by atoms with E-state index in [1.807, 2.05) is 13.0 Å². The van der Waals surface area contributed by atoms with Crippen molar-refractivity contribution >= 4 is 11.8 Å². The second-order valence-electron chi connectivity index (χ2n) is 5.12. The van der Waals surface area contributed by atoms with Crippen LogP contribution in [0, 0.1) is 6.92 Å². The van der Waals surface area contributed by atoms with Gasteiger partial charge in [-0.1, -0.05) is 0 Å². The van der Waals surface area contributed by atoms with Crippen molar-refractivity contribution in [3.63, 3.8) is 0 Å². The number of rotatable bonds is 6. The first-order valence-electron chi connectivity index (χ1n) is 7.19. The minimum Gasteiger partial charge on any atom is -0.478 e. The van der Waals surface area contributed by atoms with Crippen molar-refractivity contribution in [3.8, 4) is 0 Å². The van der Waals surface area contributed by atoms with Crippen LogP contribution < -0.4 is 4.90 Å². The molecule has 0 aliphatic carbocycles. The van der Waals surface area contributed by atoms with Crippen molar-refractivity contribution in [2.24, 2.45) is 0 Å². The van der Waals surface area contributed by atoms with Gasteiger partial charge in [-0.3, -0.25) is 0 Å². The summed E-state index contributed by atoms with van der Waals surface area (Å²) < 4.78 is 10.4. The second-order valence-corrected chi connectivity index (χ2v) is 5.12. The Kier molecular flexibility index (Phi) is 5.52. The third-order valence-corrected chi connectivity index (χ3v) is 3.59. The molecule has 116 valence electrons. The van der Waals surface area contributed by atoms with Crippen LogP contribution in [0.2, 0.25) is 0 Å². The Morgan fingerprint density at radius 1 is 1.48 bits per heavy atom. The molecule has 0 aromatic carbocycles. The highest BCUT2D eigenvalue weighted by Gasteiger charge is 2.19. The number of hydrogen-bond acceptors (Lipinski definition) is 5. The van der Waals surface area contributed by atoms with Crippen molar-refractivity contribution < 1.29 is 19.4 Å². The molecule has 1 N–H and O–H groups in total. The molecule has 6 nitrogen and oxygen atoms in total. The van der Waals surface area contributed by atoms with Crippen LogP contribution in [0.25, 0.3) is 0 Å². The molecule has 0 unspecified atom stereocenters. The summed E-state index contributed by atoms with van der Waals surface area (Å²) in [4.78, 5) is 18.2. The molecule has 0 amide bonds. The average molecular weight is 294 g/mol. The summed E-state index contributed by atoms with van der Waals surface area (Å²) in [5.74, 6) is -0.0749. The molecule has 0 atom stereocenters. The van der Waals surface area contributed by atoms with Gasteiger partial charge in [0.25, 0.3) is 0 Å². The van der Waals surface area contributed by atoms with Crippen molar-refractivity contribution in [2.45, 2.75) is 19.8 Å². The van der Waals surface area contributed by atoms with Crippen LogP contribution in [0.4, 0.5) is 5.82 Å². The Balaban J connectivity index is 2.28. The van der Waals surface area contributed by atoms with Gasteiger partial charge in [0.2, 0.25) is 0 Å². The normalized spacial score (nSPS) is 15.2. The molecule has 2 heterocycles. The monoisotopic (exact) mass is 294 g/mol. The highest BCUT2D eigenvalue weighted by atomic mass is 16.5. The Morgan fingerprint density at radius 2 is 2.19 bits per heavy atom. The van der Waals surface area contributed by atoms with Crippen LogP contribution in [-0.2, 0) is 15.9 Å². The van der Waals surface area contributed by atoms with Crippen LogP contribution in [0.15, 0.2) is 6.07 Å². The lowest BCUT2D eigenvalue weighted by atomic mass is 10.0. The van der Waals surface area contributed by atoms with Crippen molar-refractivity contribution in [3.05, 3.63) is 22.9 Å². The van der Waals surface area contributed by atoms with Crippen LogP contribution in [0.3, 0.4) is 0 Å². The van der Waals surface area contributed by atoms with Crippen molar-refractivity contribution in [2.75, 3.05) is 44.9 Å². The highest BCUT2D eigenvalue weighted by molar-refractivity contribution is 5.91. The van der Waals surface area contributed by atoms with Gasteiger partial charge in [-0.25, -0.2) is 9.78 Å². The molecular weight excluding hydrogens is 272 g/mol. The lowest BCUT2D eigenvalue weighted by Gasteiger charge is -2.28. The zero-order chi connectivity index (χ0) is 15.2. The van der Waals surface area contributed by atoms with Gasteiger partial charge in [-0.2, -0.15) is 0 Å². The average Bonchev–Trinajstić information content (AvgIpc) is 2.47. The summed E-state index contributed by atoms with van der Waals surface area (Å²) in [6, 6.07) is 1.86. The summed E-state index contributed by atoms with van der Waals surface area (Å²) in [5, 5.41) is 9.40. The number of carboxylic acids is 1. The zero-order valence-corrected chi connectivity index (χ0v) is 12.6. The number of nitrogens with zero attached hydrogens (tertiary/aromatic N) is 2. The van der Waals surface area contributed by atoms with E-state index in [1.54, 1.807) is 7.11 Å². The van der Waals surface area contributed by atoms with E-state index in [0.717, 1.165) is 30.9 Å². The summed E-state index contributed by atoms with van der Waals surface area (Å²) >= 11 is 0. The molecule has 1 fully saturated rings. The van der Waals surface area contributed by atoms with Crippen molar-refractivity contribution in [1.29, 1.82) is 0 Å². The number of pyridine rings is 1. The number of methoxy groups -OCH3 is 1. The van der Waals surface area contributed by atoms with E-state index in [9.17, 15) is 9.90 Å². The molecule has 1 aliphatic rings. The van der Waals surface area contributed by atoms with E-state index in [2.05, 4.69) is 9.88 Å². The predicted molar refractivity (Wildman–Crippen MR) is 79.2 cm³/mol. The Bertz CT molecular complexity index is 499. The summed E-state index contributed by atoms with van der Waals surface area (Å²) in [7, 11) is 1.64. The van der Waals surface area contributed by atoms with Crippen LogP contribution in [-0.4, -0.2) is 56.1 Å². The molecule has 1 aliphatic heterocycles. The van der Waals surface area contributed by atoms with E-state index in [4.69, 9.17) is 9.47 Å². The fraction of sp³-hybridized carbons (Fsp3) is 0.600. The van der Waals surface area contributed by atoms with Gasteiger partial charge in [0, 0.05) is 26.8 Å². The van der Waals surface area contributed by atoms with Crippen LogP contribution in [0.1, 0.15) is 28.0 Å². The predicted octanol–water partition coefficient (Wildman–Crippen LogP) is 1.50. The highest BCUT2D eigenvalue weighted by Crippen LogP contribution is 2.22. The molecule has 1 aromatic heterocycles. The van der Waals surface area contributed by atoms with Gasteiger partial charge in [0.1, 0.15) is 5.82 Å². The van der Waals surface area contributed by atoms with Gasteiger partial charge in [-0.05, 0) is 31.4 Å². The maximum atomic E-state index is 11.5. The lowest BCUT2D eigenvalue weighted by molar-refractivity contribution is 0.0694. The number of aromatic nitrogens is 1. The maximum absolute atomic E-state index is 11.5. The number of anilines is 1. The number of hydrogen-bond donors (Lipinski definition) is 1. The fourth-order valence-electron chi connectivity index (χ4n) is 2.53. The molecule has 0 bridgehead atoms. The van der Waals surface area contributed by atoms with E-state index >= 15 is 0 Å². The third-order valence-electron chi connectivity index (χ3n) is 3.59. The molecular formula is C15H22N2O4. The standard InChI is InChI=1S/C15H22N2O4/c1-11-10-13(17-5-8-21-9-6-17)16-12(4-3-7-20-2)14(11)15(18)19/h10H,3-9H2,1-2H3,(H,18,19). The Labute approximate surface area is 124 Å². The SMILES string of the molecule is COCCCc1nc(N2CCOCC2)cc(C)c1C(=O)O. The number of aryl methyl sites for hydroxylation is 2. The van der Waals surface area contributed by atoms with Gasteiger partial charge < -0.3 is 19.5 Å². The maximum Gasteiger partial charge on any atom is 0.337 e. The summed E-state index contributed by atoms with van der Waals surface area (Å²) in [6.45, 7) is 5.37. The molecule has 1 saturated heterocycles. The topological polar surface area (TPSA) is 71.9 Å². The molecule has 2 rings (SSSR count). The van der Waals surface area contributed by atoms with Gasteiger partial charge in [-0.15, -0.1) is 0 Å². The fourth-order valence-corrected chi connectivity index (χ4v) is 2.53. The Hall–Kier alpha value is -1.66. The summed E-state index contributed by atoms with van der Waals surface area (Å²) in [5.41, 5.74) is 1.72. The smallest absolute Gasteiger partial charge is 0.337 e. The van der Waals surface area contributed by atoms with Gasteiger partial charge in [0.05, 0.1) is 24.5 Å². The molecule has 1 aromatic rings. The number of carbonyl (C=O) groups is 1. The quantitative estimate of drug-likeness (QED) is 0.802. The first kappa shape index (κ1) is 15.7. The van der Waals surface area contributed by atoms with E-state index in [1.165, 1.54) is 0 Å². The second kappa shape index (κ2) is 7.38. The molecule has 6 heteroatoms. The number of morpholine rings is 1. The molecule has 0 saturated carbocycles. The Morgan fingerprint density at radius 3 is 2.81 bits per heavy atom. The zero-order valence-electron chi connectivity index (χ0n) is 12.6. The molecule has 0 spiro atoms. The van der Waals surface area contributed by atoms with Gasteiger partial charge in [0.15, 0.2) is 0 Å². The first-order chi connectivity index (χ1) is 10.1. The third kappa shape index (κ3) is 3.92. The largest absolute Gasteiger partial charge is 0.478 e. The minimum absolute atomic E-state index is 0.322. The van der Waals surface area contributed by atoms with E-state index in [-0.39, 0.29) is 0 Å². The van der Waals surface area contributed by atoms with E-state index in [0.29, 0.717) is 37.5 Å². The minimum atomic E-state index is -0.916. The molecule has 21 heavy (non-hydrogen) atoms. The van der Waals surface area contributed by atoms with Crippen LogP contribution >= 0.6 is 0 Å². The lowest BCUT2D eigenvalue weighted by Crippen LogP contribution is -2.37. The van der Waals surface area contributed by atoms with Crippen LogP contribution in [0.5, 0.6) is 0 Å². The van der Waals surface area contributed by atoms with E-state index < -0.39 is 5.97 Å². The number of carboxylic acid groups (broad SMARTS) is 1.